The summed E-state index contributed by atoms with van der Waals surface area (Å²) in [6.45, 7) is 0.418. The Morgan fingerprint density at radius 3 is 1.44 bits per heavy atom. The number of esters is 2. The van der Waals surface area contributed by atoms with E-state index < -0.39 is 0 Å². The van der Waals surface area contributed by atoms with Crippen LogP contribution in [0.5, 0.6) is 0 Å². The molecule has 3 aromatic carbocycles. The average Bonchev–Trinajstić information content (AvgIpc) is 3.52. The van der Waals surface area contributed by atoms with E-state index in [1.807, 2.05) is 72.8 Å². The normalized spacial score (nSPS) is 11.1. The molecule has 6 nitrogen and oxygen atoms in total. The first kappa shape index (κ1) is 24.1. The van der Waals surface area contributed by atoms with Gasteiger partial charge in [-0.15, -0.1) is 22.7 Å². The maximum Gasteiger partial charge on any atom is 0.306 e. The quantitative estimate of drug-likeness (QED) is 0.204. The van der Waals surface area contributed by atoms with Crippen LogP contribution in [-0.4, -0.2) is 21.9 Å². The Morgan fingerprint density at radius 2 is 1.03 bits per heavy atom. The van der Waals surface area contributed by atoms with Gasteiger partial charge < -0.3 is 9.47 Å². The molecule has 8 heteroatoms. The molecule has 0 saturated heterocycles. The van der Waals surface area contributed by atoms with E-state index in [1.165, 1.54) is 0 Å². The van der Waals surface area contributed by atoms with Crippen molar-refractivity contribution in [2.75, 3.05) is 0 Å². The number of carbonyl (C=O) groups excluding carboxylic acids is 2. The zero-order valence-corrected chi connectivity index (χ0v) is 21.1. The van der Waals surface area contributed by atoms with Crippen molar-refractivity contribution in [1.29, 1.82) is 0 Å². The van der Waals surface area contributed by atoms with Gasteiger partial charge in [-0.1, -0.05) is 48.5 Å². The van der Waals surface area contributed by atoms with E-state index >= 15 is 0 Å². The second-order valence-corrected chi connectivity index (χ2v) is 10.5. The fourth-order valence-electron chi connectivity index (χ4n) is 3.68. The zero-order chi connectivity index (χ0) is 24.7. The van der Waals surface area contributed by atoms with E-state index in [9.17, 15) is 9.59 Å². The number of para-hydroxylation sites is 2. The van der Waals surface area contributed by atoms with E-state index in [4.69, 9.17) is 9.47 Å². The molecule has 5 aromatic rings. The second-order valence-electron chi connectivity index (χ2n) is 8.29. The summed E-state index contributed by atoms with van der Waals surface area (Å²) in [6.07, 6.45) is 1.73. The number of benzene rings is 3. The van der Waals surface area contributed by atoms with E-state index in [2.05, 4.69) is 9.97 Å². The molecule has 0 spiro atoms. The molecule has 2 aromatic heterocycles. The van der Waals surface area contributed by atoms with Crippen molar-refractivity contribution in [1.82, 2.24) is 9.97 Å². The van der Waals surface area contributed by atoms with Crippen LogP contribution in [0.3, 0.4) is 0 Å². The number of hydrogen-bond donors (Lipinski definition) is 0. The minimum atomic E-state index is -0.250. The number of hydrogen-bond acceptors (Lipinski definition) is 8. The molecular weight excluding hydrogens is 492 g/mol. The fourth-order valence-corrected chi connectivity index (χ4v) is 5.61. The van der Waals surface area contributed by atoms with Crippen molar-refractivity contribution in [3.8, 4) is 0 Å². The van der Waals surface area contributed by atoms with Crippen molar-refractivity contribution in [2.45, 2.75) is 38.9 Å². The number of fused-ring (bicyclic) bond motifs is 2. The number of aromatic nitrogens is 2. The summed E-state index contributed by atoms with van der Waals surface area (Å²) >= 11 is 3.21. The number of aryl methyl sites for hydroxylation is 2. The van der Waals surface area contributed by atoms with Crippen LogP contribution in [0, 0.1) is 0 Å². The Balaban J connectivity index is 1.01. The van der Waals surface area contributed by atoms with Crippen LogP contribution in [0.2, 0.25) is 0 Å². The monoisotopic (exact) mass is 516 g/mol. The van der Waals surface area contributed by atoms with Gasteiger partial charge in [-0.05, 0) is 35.4 Å². The number of carbonyl (C=O) groups is 2. The van der Waals surface area contributed by atoms with Gasteiger partial charge in [0, 0.05) is 12.8 Å². The summed E-state index contributed by atoms with van der Waals surface area (Å²) in [5.41, 5.74) is 3.69. The fraction of sp³-hybridized carbons (Fsp3) is 0.214. The summed E-state index contributed by atoms with van der Waals surface area (Å²) in [4.78, 5) is 33.4. The molecule has 0 aliphatic heterocycles. The van der Waals surface area contributed by atoms with Crippen molar-refractivity contribution in [3.05, 3.63) is 93.9 Å². The van der Waals surface area contributed by atoms with Gasteiger partial charge in [-0.25, -0.2) is 9.97 Å². The predicted octanol–water partition coefficient (Wildman–Crippen LogP) is 6.26. The smallest absolute Gasteiger partial charge is 0.306 e. The molecule has 0 radical (unpaired) electrons. The minimum Gasteiger partial charge on any atom is -0.461 e. The zero-order valence-electron chi connectivity index (χ0n) is 19.5. The Hall–Kier alpha value is -3.62. The molecule has 0 unspecified atom stereocenters. The summed E-state index contributed by atoms with van der Waals surface area (Å²) < 4.78 is 13.1. The van der Waals surface area contributed by atoms with Crippen LogP contribution in [0.4, 0.5) is 0 Å². The van der Waals surface area contributed by atoms with Crippen LogP contribution in [0.1, 0.15) is 34.0 Å². The van der Waals surface area contributed by atoms with Crippen molar-refractivity contribution in [2.24, 2.45) is 0 Å². The highest BCUT2D eigenvalue weighted by molar-refractivity contribution is 7.18. The van der Waals surface area contributed by atoms with Gasteiger partial charge in [0.1, 0.15) is 13.2 Å². The number of rotatable bonds is 10. The van der Waals surface area contributed by atoms with Crippen molar-refractivity contribution >= 4 is 55.0 Å². The van der Waals surface area contributed by atoms with Crippen LogP contribution < -0.4 is 0 Å². The van der Waals surface area contributed by atoms with Gasteiger partial charge in [0.05, 0.1) is 43.3 Å². The predicted molar refractivity (Wildman–Crippen MR) is 142 cm³/mol. The lowest BCUT2D eigenvalue weighted by atomic mass is 10.1. The van der Waals surface area contributed by atoms with Gasteiger partial charge in [0.25, 0.3) is 0 Å². The summed E-state index contributed by atoms with van der Waals surface area (Å²) in [5, 5.41) is 1.87. The third-order valence-electron chi connectivity index (χ3n) is 5.58. The Bertz CT molecular complexity index is 1310. The lowest BCUT2D eigenvalue weighted by Gasteiger charge is -2.07. The van der Waals surface area contributed by atoms with Gasteiger partial charge in [0.2, 0.25) is 0 Å². The van der Waals surface area contributed by atoms with Crippen LogP contribution in [-0.2, 0) is 45.1 Å². The molecule has 0 fully saturated rings. The van der Waals surface area contributed by atoms with E-state index in [0.29, 0.717) is 25.7 Å². The molecule has 182 valence electrons. The third kappa shape index (κ3) is 6.33. The SMILES string of the molecule is O=C(CCc1nc2ccccc2s1)OCc1ccc(COC(=O)CCc2nc3ccccc3s2)cc1. The molecule has 2 heterocycles. The molecule has 36 heavy (non-hydrogen) atoms. The van der Waals surface area contributed by atoms with Gasteiger partial charge in [-0.2, -0.15) is 0 Å². The van der Waals surface area contributed by atoms with E-state index in [-0.39, 0.29) is 25.2 Å². The van der Waals surface area contributed by atoms with E-state index in [0.717, 1.165) is 41.6 Å². The molecule has 0 aliphatic rings. The summed E-state index contributed by atoms with van der Waals surface area (Å²) in [7, 11) is 0. The number of thiazole rings is 2. The summed E-state index contributed by atoms with van der Waals surface area (Å²) in [6, 6.07) is 23.4. The van der Waals surface area contributed by atoms with E-state index in [1.54, 1.807) is 22.7 Å². The highest BCUT2D eigenvalue weighted by Crippen LogP contribution is 2.23. The average molecular weight is 517 g/mol. The van der Waals surface area contributed by atoms with Crippen LogP contribution >= 0.6 is 22.7 Å². The largest absolute Gasteiger partial charge is 0.461 e. The Labute approximate surface area is 216 Å². The first-order chi connectivity index (χ1) is 17.6. The number of ether oxygens (including phenoxy) is 2. The third-order valence-corrected chi connectivity index (χ3v) is 7.78. The first-order valence-corrected chi connectivity index (χ1v) is 13.3. The lowest BCUT2D eigenvalue weighted by Crippen LogP contribution is -2.07. The maximum absolute atomic E-state index is 12.2. The van der Waals surface area contributed by atoms with Crippen molar-refractivity contribution < 1.29 is 19.1 Å². The molecule has 5 rings (SSSR count). The highest BCUT2D eigenvalue weighted by atomic mass is 32.1. The molecule has 0 N–H and O–H groups in total. The lowest BCUT2D eigenvalue weighted by molar-refractivity contribution is -0.145. The maximum atomic E-state index is 12.2. The molecule has 0 saturated carbocycles. The van der Waals surface area contributed by atoms with Gasteiger partial charge in [-0.3, -0.25) is 9.59 Å². The standard InChI is InChI=1S/C28H24N2O4S2/c31-27(15-13-25-29-21-5-1-3-7-23(21)35-25)33-17-19-9-11-20(12-10-19)18-34-28(32)16-14-26-30-22-6-2-4-8-24(22)36-26/h1-12H,13-18H2. The first-order valence-electron chi connectivity index (χ1n) is 11.7. The molecule has 0 atom stereocenters. The van der Waals surface area contributed by atoms with Crippen molar-refractivity contribution in [3.63, 3.8) is 0 Å². The van der Waals surface area contributed by atoms with Crippen LogP contribution in [0.15, 0.2) is 72.8 Å². The number of nitrogens with zero attached hydrogens (tertiary/aromatic N) is 2. The Kier molecular flexibility index (Phi) is 7.64. The molecule has 0 bridgehead atoms. The molecule has 0 amide bonds. The Morgan fingerprint density at radius 1 is 0.611 bits per heavy atom. The van der Waals surface area contributed by atoms with Gasteiger partial charge >= 0.3 is 11.9 Å². The van der Waals surface area contributed by atoms with Crippen LogP contribution in [0.25, 0.3) is 20.4 Å². The highest BCUT2D eigenvalue weighted by Gasteiger charge is 2.10. The minimum absolute atomic E-state index is 0.209. The molecule has 0 aliphatic carbocycles. The second kappa shape index (κ2) is 11.4. The molecular formula is C28H24N2O4S2. The topological polar surface area (TPSA) is 78.4 Å². The summed E-state index contributed by atoms with van der Waals surface area (Å²) in [5.74, 6) is -0.499. The van der Waals surface area contributed by atoms with Gasteiger partial charge in [0.15, 0.2) is 0 Å².